The van der Waals surface area contributed by atoms with E-state index in [1.807, 2.05) is 19.0 Å². The van der Waals surface area contributed by atoms with Crippen LogP contribution in [-0.2, 0) is 11.3 Å². The molecule has 8 nitrogen and oxygen atoms in total. The maximum Gasteiger partial charge on any atom is 0.411 e. The van der Waals surface area contributed by atoms with Gasteiger partial charge >= 0.3 is 6.09 Å². The van der Waals surface area contributed by atoms with E-state index in [0.29, 0.717) is 17.7 Å². The largest absolute Gasteiger partial charge is 0.488 e. The number of hydrogen-bond acceptors (Lipinski definition) is 6. The number of rotatable bonds is 10. The molecule has 0 fully saturated rings. The molecule has 1 amide bonds. The Morgan fingerprint density at radius 1 is 1.11 bits per heavy atom. The van der Waals surface area contributed by atoms with Gasteiger partial charge in [-0.05, 0) is 63.3 Å². The number of amides is 1. The maximum absolute atomic E-state index is 14.6. The molecule has 0 radical (unpaired) electrons. The highest BCUT2D eigenvalue weighted by Gasteiger charge is 2.15. The van der Waals surface area contributed by atoms with Crippen molar-refractivity contribution in [3.05, 3.63) is 76.1 Å². The molecule has 1 aromatic heterocycles. The number of benzene rings is 2. The van der Waals surface area contributed by atoms with Gasteiger partial charge in [-0.15, -0.1) is 0 Å². The SMILES string of the molecule is CCOC(=O)Nc1cccc(Cn2nc(-c3cc(F)c(OCCCN(C)C)c(F)c3)ccc2=O)c1. The van der Waals surface area contributed by atoms with Gasteiger partial charge in [0.1, 0.15) is 0 Å². The van der Waals surface area contributed by atoms with E-state index in [4.69, 9.17) is 9.47 Å². The van der Waals surface area contributed by atoms with Gasteiger partial charge in [0.25, 0.3) is 5.56 Å². The van der Waals surface area contributed by atoms with Crippen molar-refractivity contribution in [3.63, 3.8) is 0 Å². The Bertz CT molecular complexity index is 1210. The van der Waals surface area contributed by atoms with Gasteiger partial charge in [-0.25, -0.2) is 18.3 Å². The number of halogens is 2. The molecule has 0 saturated carbocycles. The number of aromatic nitrogens is 2. The molecule has 0 aliphatic rings. The molecule has 3 rings (SSSR count). The summed E-state index contributed by atoms with van der Waals surface area (Å²) >= 11 is 0. The average Bonchev–Trinajstić information content (AvgIpc) is 2.79. The summed E-state index contributed by atoms with van der Waals surface area (Å²) in [5.74, 6) is -2.13. The predicted octanol–water partition coefficient (Wildman–Crippen LogP) is 4.14. The van der Waals surface area contributed by atoms with Gasteiger partial charge < -0.3 is 14.4 Å². The van der Waals surface area contributed by atoms with Gasteiger partial charge in [-0.2, -0.15) is 5.10 Å². The zero-order valence-electron chi connectivity index (χ0n) is 19.9. The van der Waals surface area contributed by atoms with Crippen LogP contribution in [0, 0.1) is 11.6 Å². The Kier molecular flexibility index (Phi) is 8.91. The second-order valence-corrected chi connectivity index (χ2v) is 8.03. The lowest BCUT2D eigenvalue weighted by atomic mass is 10.1. The predicted molar refractivity (Wildman–Crippen MR) is 129 cm³/mol. The first-order valence-electron chi connectivity index (χ1n) is 11.1. The molecular weight excluding hydrogens is 458 g/mol. The third kappa shape index (κ3) is 7.35. The van der Waals surface area contributed by atoms with Crippen LogP contribution in [-0.4, -0.2) is 54.6 Å². The van der Waals surface area contributed by atoms with Crippen molar-refractivity contribution in [1.29, 1.82) is 0 Å². The molecule has 0 aliphatic carbocycles. The summed E-state index contributed by atoms with van der Waals surface area (Å²) in [5.41, 5.74) is 1.19. The van der Waals surface area contributed by atoms with E-state index in [1.54, 1.807) is 31.2 Å². The van der Waals surface area contributed by atoms with Gasteiger partial charge in [0.05, 0.1) is 25.5 Å². The molecule has 10 heteroatoms. The lowest BCUT2D eigenvalue weighted by molar-refractivity contribution is 0.168. The Hall–Kier alpha value is -3.79. The van der Waals surface area contributed by atoms with Crippen LogP contribution in [0.2, 0.25) is 0 Å². The summed E-state index contributed by atoms with van der Waals surface area (Å²) < 4.78 is 40.5. The van der Waals surface area contributed by atoms with Crippen LogP contribution >= 0.6 is 0 Å². The number of nitrogens with zero attached hydrogens (tertiary/aromatic N) is 3. The second kappa shape index (κ2) is 12.1. The third-order valence-electron chi connectivity index (χ3n) is 4.94. The zero-order chi connectivity index (χ0) is 25.4. The molecule has 0 saturated heterocycles. The fourth-order valence-corrected chi connectivity index (χ4v) is 3.32. The van der Waals surface area contributed by atoms with Crippen LogP contribution < -0.4 is 15.6 Å². The molecule has 186 valence electrons. The highest BCUT2D eigenvalue weighted by molar-refractivity contribution is 5.84. The molecule has 3 aromatic rings. The summed E-state index contributed by atoms with van der Waals surface area (Å²) in [5, 5.41) is 6.87. The van der Waals surface area contributed by atoms with Crippen molar-refractivity contribution >= 4 is 11.8 Å². The molecule has 0 unspecified atom stereocenters. The first-order valence-corrected chi connectivity index (χ1v) is 11.1. The first kappa shape index (κ1) is 25.8. The Morgan fingerprint density at radius 2 is 1.86 bits per heavy atom. The number of carbonyl (C=O) groups is 1. The summed E-state index contributed by atoms with van der Waals surface area (Å²) in [7, 11) is 3.80. The highest BCUT2D eigenvalue weighted by Crippen LogP contribution is 2.28. The van der Waals surface area contributed by atoms with Crippen molar-refractivity contribution in [2.75, 3.05) is 39.2 Å². The van der Waals surface area contributed by atoms with Crippen molar-refractivity contribution in [3.8, 4) is 17.0 Å². The van der Waals surface area contributed by atoms with E-state index in [9.17, 15) is 18.4 Å². The molecule has 0 bridgehead atoms. The lowest BCUT2D eigenvalue weighted by Gasteiger charge is -2.13. The van der Waals surface area contributed by atoms with Gasteiger partial charge in [-0.1, -0.05) is 12.1 Å². The maximum atomic E-state index is 14.6. The van der Waals surface area contributed by atoms with Crippen LogP contribution in [0.4, 0.5) is 19.3 Å². The summed E-state index contributed by atoms with van der Waals surface area (Å²) in [6.45, 7) is 2.93. The number of anilines is 1. The molecule has 1 N–H and O–H groups in total. The number of carbonyl (C=O) groups excluding carboxylic acids is 1. The van der Waals surface area contributed by atoms with E-state index in [2.05, 4.69) is 10.4 Å². The average molecular weight is 487 g/mol. The quantitative estimate of drug-likeness (QED) is 0.434. The fourth-order valence-electron chi connectivity index (χ4n) is 3.32. The minimum atomic E-state index is -0.845. The highest BCUT2D eigenvalue weighted by atomic mass is 19.1. The smallest absolute Gasteiger partial charge is 0.411 e. The minimum absolute atomic E-state index is 0.0864. The molecule has 35 heavy (non-hydrogen) atoms. The van der Waals surface area contributed by atoms with E-state index < -0.39 is 23.5 Å². The minimum Gasteiger partial charge on any atom is -0.488 e. The normalized spacial score (nSPS) is 10.9. The molecule has 0 aliphatic heterocycles. The Balaban J connectivity index is 1.78. The van der Waals surface area contributed by atoms with E-state index in [-0.39, 0.29) is 36.6 Å². The molecule has 1 heterocycles. The summed E-state index contributed by atoms with van der Waals surface area (Å²) in [6.07, 6.45) is 0.0348. The summed E-state index contributed by atoms with van der Waals surface area (Å²) in [4.78, 5) is 26.0. The van der Waals surface area contributed by atoms with Crippen molar-refractivity contribution < 1.29 is 23.0 Å². The van der Waals surface area contributed by atoms with Gasteiger partial charge in [0, 0.05) is 23.9 Å². The topological polar surface area (TPSA) is 85.7 Å². The van der Waals surface area contributed by atoms with Crippen molar-refractivity contribution in [2.45, 2.75) is 19.9 Å². The standard InChI is InChI=1S/C25H28F2N4O4/c1-4-34-25(33)28-19-8-5-7-17(13-19)16-31-23(32)10-9-22(29-31)18-14-20(26)24(21(27)15-18)35-12-6-11-30(2)3/h5,7-10,13-15H,4,6,11-12,16H2,1-3H3,(H,28,33). The molecule has 0 atom stereocenters. The van der Waals surface area contributed by atoms with E-state index >= 15 is 0 Å². The van der Waals surface area contributed by atoms with Crippen LogP contribution in [0.15, 0.2) is 53.3 Å². The van der Waals surface area contributed by atoms with Crippen molar-refractivity contribution in [2.24, 2.45) is 0 Å². The van der Waals surface area contributed by atoms with E-state index in [1.165, 1.54) is 16.8 Å². The molecular formula is C25H28F2N4O4. The van der Waals surface area contributed by atoms with Crippen LogP contribution in [0.25, 0.3) is 11.3 Å². The molecule has 2 aromatic carbocycles. The lowest BCUT2D eigenvalue weighted by Crippen LogP contribution is -2.23. The number of hydrogen-bond donors (Lipinski definition) is 1. The number of nitrogens with one attached hydrogen (secondary N) is 1. The van der Waals surface area contributed by atoms with Crippen molar-refractivity contribution in [1.82, 2.24) is 14.7 Å². The van der Waals surface area contributed by atoms with Crippen LogP contribution in [0.1, 0.15) is 18.9 Å². The summed E-state index contributed by atoms with van der Waals surface area (Å²) in [6, 6.07) is 11.8. The zero-order valence-corrected chi connectivity index (χ0v) is 19.9. The van der Waals surface area contributed by atoms with Gasteiger partial charge in [-0.3, -0.25) is 10.1 Å². The monoisotopic (exact) mass is 486 g/mol. The van der Waals surface area contributed by atoms with Gasteiger partial charge in [0.2, 0.25) is 0 Å². The number of ether oxygens (including phenoxy) is 2. The molecule has 0 spiro atoms. The fraction of sp³-hybridized carbons (Fsp3) is 0.320. The van der Waals surface area contributed by atoms with Crippen LogP contribution in [0.3, 0.4) is 0 Å². The van der Waals surface area contributed by atoms with Gasteiger partial charge in [0.15, 0.2) is 17.4 Å². The Labute approximate surface area is 202 Å². The first-order chi connectivity index (χ1) is 16.8. The van der Waals surface area contributed by atoms with Crippen LogP contribution in [0.5, 0.6) is 5.75 Å². The second-order valence-electron chi connectivity index (χ2n) is 8.03. The van der Waals surface area contributed by atoms with E-state index in [0.717, 1.165) is 18.7 Å². The third-order valence-corrected chi connectivity index (χ3v) is 4.94. The Morgan fingerprint density at radius 3 is 2.54 bits per heavy atom.